The molecule has 0 aliphatic carbocycles. The summed E-state index contributed by atoms with van der Waals surface area (Å²) >= 11 is 0. The Morgan fingerprint density at radius 1 is 1.23 bits per heavy atom. The normalized spacial score (nSPS) is 16.4. The number of fused-ring (bicyclic) bond motifs is 1. The summed E-state index contributed by atoms with van der Waals surface area (Å²) in [6, 6.07) is 2.01. The molecule has 2 aromatic heterocycles. The van der Waals surface area contributed by atoms with Crippen LogP contribution in [-0.4, -0.2) is 63.7 Å². The van der Waals surface area contributed by atoms with Crippen LogP contribution in [0.25, 0.3) is 11.0 Å². The first-order valence-electron chi connectivity index (χ1n) is 7.87. The van der Waals surface area contributed by atoms with Gasteiger partial charge in [0, 0.05) is 32.4 Å². The third-order valence-corrected chi connectivity index (χ3v) is 4.36. The van der Waals surface area contributed by atoms with Gasteiger partial charge in [0.15, 0.2) is 0 Å². The fraction of sp³-hybridized carbons (Fsp3) is 0.562. The van der Waals surface area contributed by atoms with Crippen molar-refractivity contribution in [2.45, 2.75) is 26.8 Å². The highest BCUT2D eigenvalue weighted by atomic mass is 16.2. The number of aryl methyl sites for hydroxylation is 2. The molecule has 0 N–H and O–H groups in total. The van der Waals surface area contributed by atoms with E-state index in [-0.39, 0.29) is 5.91 Å². The monoisotopic (exact) mass is 301 g/mol. The lowest BCUT2D eigenvalue weighted by Gasteiger charge is -2.32. The second kappa shape index (κ2) is 6.04. The topological polar surface area (TPSA) is 54.3 Å². The quantitative estimate of drug-likeness (QED) is 0.851. The number of hydrogen-bond acceptors (Lipinski definition) is 4. The Bertz CT molecular complexity index is 685. The molecule has 2 aromatic rings. The fourth-order valence-electron chi connectivity index (χ4n) is 2.93. The van der Waals surface area contributed by atoms with Gasteiger partial charge in [-0.25, -0.2) is 0 Å². The van der Waals surface area contributed by atoms with Crippen molar-refractivity contribution in [3.05, 3.63) is 23.5 Å². The van der Waals surface area contributed by atoms with E-state index in [4.69, 9.17) is 0 Å². The van der Waals surface area contributed by atoms with Crippen LogP contribution in [0.2, 0.25) is 0 Å². The molecule has 1 fully saturated rings. The van der Waals surface area contributed by atoms with Gasteiger partial charge in [0.05, 0.1) is 11.2 Å². The fourth-order valence-corrected chi connectivity index (χ4v) is 2.93. The molecular weight excluding hydrogens is 278 g/mol. The average molecular weight is 301 g/mol. The predicted molar refractivity (Wildman–Crippen MR) is 85.7 cm³/mol. The molecule has 0 aromatic carbocycles. The molecular formula is C16H23N5O. The Morgan fingerprint density at radius 2 is 1.95 bits per heavy atom. The van der Waals surface area contributed by atoms with E-state index in [0.717, 1.165) is 54.9 Å². The van der Waals surface area contributed by atoms with Gasteiger partial charge in [0.25, 0.3) is 0 Å². The smallest absolute Gasteiger partial charge is 0.242 e. The van der Waals surface area contributed by atoms with Crippen molar-refractivity contribution in [3.63, 3.8) is 0 Å². The molecule has 22 heavy (non-hydrogen) atoms. The van der Waals surface area contributed by atoms with E-state index in [1.807, 2.05) is 28.7 Å². The highest BCUT2D eigenvalue weighted by Gasteiger charge is 2.20. The first-order chi connectivity index (χ1) is 10.6. The minimum Gasteiger partial charge on any atom is -0.339 e. The number of likely N-dealkylation sites (N-methyl/N-ethyl adjacent to an activating group) is 1. The molecule has 0 radical (unpaired) electrons. The van der Waals surface area contributed by atoms with Crippen molar-refractivity contribution < 1.29 is 4.79 Å². The Morgan fingerprint density at radius 3 is 2.64 bits per heavy atom. The lowest BCUT2D eigenvalue weighted by molar-refractivity contribution is -0.133. The Balaban J connectivity index is 1.84. The summed E-state index contributed by atoms with van der Waals surface area (Å²) in [6.45, 7) is 7.93. The Labute approximate surface area is 130 Å². The maximum Gasteiger partial charge on any atom is 0.242 e. The van der Waals surface area contributed by atoms with E-state index in [9.17, 15) is 4.79 Å². The van der Waals surface area contributed by atoms with Crippen LogP contribution in [0.5, 0.6) is 0 Å². The van der Waals surface area contributed by atoms with Gasteiger partial charge < -0.3 is 14.4 Å². The van der Waals surface area contributed by atoms with Crippen LogP contribution in [-0.2, 0) is 17.8 Å². The molecule has 3 heterocycles. The number of hydrogen-bond donors (Lipinski definition) is 0. The maximum absolute atomic E-state index is 12.6. The van der Waals surface area contributed by atoms with Gasteiger partial charge in [-0.2, -0.15) is 5.10 Å². The van der Waals surface area contributed by atoms with Gasteiger partial charge in [-0.1, -0.05) is 6.92 Å². The second-order valence-corrected chi connectivity index (χ2v) is 6.04. The van der Waals surface area contributed by atoms with Crippen molar-refractivity contribution in [2.24, 2.45) is 0 Å². The molecule has 1 amide bonds. The molecule has 118 valence electrons. The van der Waals surface area contributed by atoms with Crippen LogP contribution >= 0.6 is 0 Å². The molecule has 1 aliphatic rings. The van der Waals surface area contributed by atoms with Crippen molar-refractivity contribution in [1.82, 2.24) is 24.6 Å². The molecule has 6 nitrogen and oxygen atoms in total. The third kappa shape index (κ3) is 2.83. The standard InChI is InChI=1S/C16H23N5O/c1-4-13-10-21(14-9-12(2)17-18-16(13)14)11-15(22)20-7-5-19(3)6-8-20/h9-10H,4-8,11H2,1-3H3. The van der Waals surface area contributed by atoms with Gasteiger partial charge in [-0.05, 0) is 32.0 Å². The zero-order valence-electron chi connectivity index (χ0n) is 13.5. The van der Waals surface area contributed by atoms with Crippen LogP contribution < -0.4 is 0 Å². The minimum atomic E-state index is 0.183. The van der Waals surface area contributed by atoms with Gasteiger partial charge in [-0.15, -0.1) is 5.10 Å². The molecule has 6 heteroatoms. The Kier molecular flexibility index (Phi) is 4.11. The first kappa shape index (κ1) is 15.0. The van der Waals surface area contributed by atoms with Crippen molar-refractivity contribution in [3.8, 4) is 0 Å². The number of carbonyl (C=O) groups is 1. The van der Waals surface area contributed by atoms with Crippen molar-refractivity contribution in [1.29, 1.82) is 0 Å². The molecule has 0 spiro atoms. The van der Waals surface area contributed by atoms with Gasteiger partial charge in [0.2, 0.25) is 5.91 Å². The number of rotatable bonds is 3. The zero-order valence-corrected chi connectivity index (χ0v) is 13.5. The number of carbonyl (C=O) groups excluding carboxylic acids is 1. The van der Waals surface area contributed by atoms with Crippen LogP contribution in [0.4, 0.5) is 0 Å². The van der Waals surface area contributed by atoms with Crippen molar-refractivity contribution in [2.75, 3.05) is 33.2 Å². The number of aromatic nitrogens is 3. The largest absolute Gasteiger partial charge is 0.339 e. The number of amides is 1. The lowest BCUT2D eigenvalue weighted by atomic mass is 10.2. The molecule has 0 atom stereocenters. The molecule has 0 saturated carbocycles. The highest BCUT2D eigenvalue weighted by Crippen LogP contribution is 2.20. The van der Waals surface area contributed by atoms with Crippen LogP contribution in [0.3, 0.4) is 0 Å². The average Bonchev–Trinajstić information content (AvgIpc) is 2.85. The lowest BCUT2D eigenvalue weighted by Crippen LogP contribution is -2.48. The van der Waals surface area contributed by atoms with E-state index in [2.05, 4.69) is 29.1 Å². The molecule has 1 saturated heterocycles. The molecule has 0 bridgehead atoms. The highest BCUT2D eigenvalue weighted by molar-refractivity contribution is 5.83. The summed E-state index contributed by atoms with van der Waals surface area (Å²) < 4.78 is 2.02. The molecule has 0 unspecified atom stereocenters. The number of piperazine rings is 1. The zero-order chi connectivity index (χ0) is 15.7. The van der Waals surface area contributed by atoms with Crippen LogP contribution in [0.1, 0.15) is 18.2 Å². The van der Waals surface area contributed by atoms with E-state index in [1.54, 1.807) is 0 Å². The molecule has 3 rings (SSSR count). The van der Waals surface area contributed by atoms with Crippen LogP contribution in [0.15, 0.2) is 12.3 Å². The first-order valence-corrected chi connectivity index (χ1v) is 7.87. The van der Waals surface area contributed by atoms with E-state index in [0.29, 0.717) is 6.54 Å². The second-order valence-electron chi connectivity index (χ2n) is 6.04. The summed E-state index contributed by atoms with van der Waals surface area (Å²) in [7, 11) is 2.09. The Hall–Kier alpha value is -1.95. The molecule has 1 aliphatic heterocycles. The van der Waals surface area contributed by atoms with E-state index in [1.165, 1.54) is 0 Å². The summed E-state index contributed by atoms with van der Waals surface area (Å²) in [5.41, 5.74) is 3.95. The van der Waals surface area contributed by atoms with Gasteiger partial charge in [0.1, 0.15) is 12.1 Å². The third-order valence-electron chi connectivity index (χ3n) is 4.36. The summed E-state index contributed by atoms with van der Waals surface area (Å²) in [5, 5.41) is 8.44. The maximum atomic E-state index is 12.6. The summed E-state index contributed by atoms with van der Waals surface area (Å²) in [5.74, 6) is 0.183. The SMILES string of the molecule is CCc1cn(CC(=O)N2CCN(C)CC2)c2cc(C)nnc12. The minimum absolute atomic E-state index is 0.183. The van der Waals surface area contributed by atoms with E-state index >= 15 is 0 Å². The predicted octanol–water partition coefficient (Wildman–Crippen LogP) is 1.08. The van der Waals surface area contributed by atoms with Gasteiger partial charge >= 0.3 is 0 Å². The summed E-state index contributed by atoms with van der Waals surface area (Å²) in [4.78, 5) is 16.8. The van der Waals surface area contributed by atoms with Crippen LogP contribution in [0, 0.1) is 6.92 Å². The van der Waals surface area contributed by atoms with Gasteiger partial charge in [-0.3, -0.25) is 4.79 Å². The van der Waals surface area contributed by atoms with Crippen molar-refractivity contribution >= 4 is 16.9 Å². The number of nitrogens with zero attached hydrogens (tertiary/aromatic N) is 5. The summed E-state index contributed by atoms with van der Waals surface area (Å²) in [6.07, 6.45) is 2.94. The van der Waals surface area contributed by atoms with E-state index < -0.39 is 0 Å².